The number of nitrogens with zero attached hydrogens (tertiary/aromatic N) is 1. The molecule has 2 heteroatoms. The van der Waals surface area contributed by atoms with Crippen molar-refractivity contribution in [3.05, 3.63) is 29.8 Å². The van der Waals surface area contributed by atoms with Gasteiger partial charge in [0, 0.05) is 24.3 Å². The Hall–Kier alpha value is -1.02. The maximum atomic E-state index is 3.61. The molecule has 1 aliphatic heterocycles. The van der Waals surface area contributed by atoms with Gasteiger partial charge in [0.2, 0.25) is 0 Å². The van der Waals surface area contributed by atoms with Gasteiger partial charge in [-0.1, -0.05) is 18.2 Å². The molecule has 1 N–H and O–H groups in total. The Balaban J connectivity index is 1.58. The second-order valence-electron chi connectivity index (χ2n) is 5.79. The van der Waals surface area contributed by atoms with Crippen molar-refractivity contribution >= 4 is 5.69 Å². The quantitative estimate of drug-likeness (QED) is 0.801. The maximum Gasteiger partial charge on any atom is 0.0401 e. The Labute approximate surface area is 110 Å². The summed E-state index contributed by atoms with van der Waals surface area (Å²) in [6.45, 7) is 4.73. The number of rotatable bonds is 5. The molecule has 2 nitrogen and oxygen atoms in total. The third-order valence-electron chi connectivity index (χ3n) is 4.25. The zero-order valence-electron chi connectivity index (χ0n) is 11.4. The van der Waals surface area contributed by atoms with Crippen LogP contribution in [0.1, 0.15) is 38.2 Å². The van der Waals surface area contributed by atoms with E-state index in [9.17, 15) is 0 Å². The summed E-state index contributed by atoms with van der Waals surface area (Å²) in [6, 6.07) is 10.5. The van der Waals surface area contributed by atoms with Crippen molar-refractivity contribution in [1.29, 1.82) is 0 Å². The Bertz CT molecular complexity index is 398. The summed E-state index contributed by atoms with van der Waals surface area (Å²) >= 11 is 0. The largest absolute Gasteiger partial charge is 0.369 e. The molecule has 0 bridgehead atoms. The van der Waals surface area contributed by atoms with E-state index in [0.717, 1.165) is 6.04 Å². The number of aryl methyl sites for hydroxylation is 1. The number of fused-ring (bicyclic) bond motifs is 1. The molecule has 1 fully saturated rings. The fourth-order valence-corrected chi connectivity index (χ4v) is 2.94. The molecule has 2 aliphatic rings. The minimum absolute atomic E-state index is 0.695. The molecule has 1 heterocycles. The van der Waals surface area contributed by atoms with Crippen LogP contribution in [-0.4, -0.2) is 25.2 Å². The zero-order valence-corrected chi connectivity index (χ0v) is 11.4. The van der Waals surface area contributed by atoms with Crippen molar-refractivity contribution in [2.45, 2.75) is 51.1 Å². The predicted molar refractivity (Wildman–Crippen MR) is 77.2 cm³/mol. The molecule has 1 aromatic carbocycles. The van der Waals surface area contributed by atoms with Crippen LogP contribution in [0.25, 0.3) is 0 Å². The number of para-hydroxylation sites is 1. The highest BCUT2D eigenvalue weighted by Crippen LogP contribution is 2.30. The van der Waals surface area contributed by atoms with Gasteiger partial charge >= 0.3 is 0 Å². The first kappa shape index (κ1) is 12.0. The van der Waals surface area contributed by atoms with Crippen molar-refractivity contribution < 1.29 is 0 Å². The highest BCUT2D eigenvalue weighted by atomic mass is 15.2. The van der Waals surface area contributed by atoms with E-state index in [-0.39, 0.29) is 0 Å². The highest BCUT2D eigenvalue weighted by Gasteiger charge is 2.23. The van der Waals surface area contributed by atoms with E-state index in [1.54, 1.807) is 0 Å². The van der Waals surface area contributed by atoms with Crippen molar-refractivity contribution in [3.8, 4) is 0 Å². The summed E-state index contributed by atoms with van der Waals surface area (Å²) < 4.78 is 0. The number of hydrogen-bond donors (Lipinski definition) is 1. The van der Waals surface area contributed by atoms with Crippen LogP contribution in [0.4, 0.5) is 5.69 Å². The lowest BCUT2D eigenvalue weighted by Gasteiger charge is -2.37. The molecule has 0 aromatic heterocycles. The van der Waals surface area contributed by atoms with E-state index in [2.05, 4.69) is 41.4 Å². The number of benzene rings is 1. The lowest BCUT2D eigenvalue weighted by Crippen LogP contribution is -2.39. The molecule has 18 heavy (non-hydrogen) atoms. The minimum atomic E-state index is 0.695. The molecule has 0 radical (unpaired) electrons. The lowest BCUT2D eigenvalue weighted by molar-refractivity contribution is 0.539. The van der Waals surface area contributed by atoms with Gasteiger partial charge in [0.15, 0.2) is 0 Å². The van der Waals surface area contributed by atoms with Crippen LogP contribution < -0.4 is 10.2 Å². The summed E-state index contributed by atoms with van der Waals surface area (Å²) in [7, 11) is 0. The van der Waals surface area contributed by atoms with E-state index in [1.807, 2.05) is 0 Å². The molecule has 98 valence electrons. The topological polar surface area (TPSA) is 15.3 Å². The Kier molecular flexibility index (Phi) is 3.55. The fraction of sp³-hybridized carbons (Fsp3) is 0.625. The summed E-state index contributed by atoms with van der Waals surface area (Å²) in [5.41, 5.74) is 3.01. The first-order valence-corrected chi connectivity index (χ1v) is 7.42. The molecule has 3 rings (SSSR count). The monoisotopic (exact) mass is 244 g/mol. The van der Waals surface area contributed by atoms with Gasteiger partial charge in [0.25, 0.3) is 0 Å². The molecule has 1 saturated carbocycles. The maximum absolute atomic E-state index is 3.61. The van der Waals surface area contributed by atoms with Crippen LogP contribution in [0.2, 0.25) is 0 Å². The third kappa shape index (κ3) is 2.69. The van der Waals surface area contributed by atoms with Gasteiger partial charge in [0.05, 0.1) is 0 Å². The van der Waals surface area contributed by atoms with Crippen LogP contribution >= 0.6 is 0 Å². The van der Waals surface area contributed by atoms with E-state index in [1.165, 1.54) is 56.4 Å². The second-order valence-corrected chi connectivity index (χ2v) is 5.79. The first-order valence-electron chi connectivity index (χ1n) is 7.42. The van der Waals surface area contributed by atoms with Crippen molar-refractivity contribution in [1.82, 2.24) is 5.32 Å². The first-order chi connectivity index (χ1) is 8.84. The van der Waals surface area contributed by atoms with Gasteiger partial charge in [-0.25, -0.2) is 0 Å². The second kappa shape index (κ2) is 5.31. The summed E-state index contributed by atoms with van der Waals surface area (Å²) in [5, 5.41) is 3.61. The van der Waals surface area contributed by atoms with Gasteiger partial charge in [0.1, 0.15) is 0 Å². The van der Waals surface area contributed by atoms with Gasteiger partial charge in [-0.3, -0.25) is 0 Å². The molecule has 1 atom stereocenters. The summed E-state index contributed by atoms with van der Waals surface area (Å²) in [4.78, 5) is 2.60. The summed E-state index contributed by atoms with van der Waals surface area (Å²) in [5.74, 6) is 0. The van der Waals surface area contributed by atoms with Crippen LogP contribution in [-0.2, 0) is 6.42 Å². The third-order valence-corrected chi connectivity index (χ3v) is 4.25. The Morgan fingerprint density at radius 2 is 2.06 bits per heavy atom. The molecule has 1 aromatic rings. The smallest absolute Gasteiger partial charge is 0.0401 e. The average Bonchev–Trinajstić information content (AvgIpc) is 3.21. The molecule has 0 amide bonds. The van der Waals surface area contributed by atoms with E-state index in [4.69, 9.17) is 0 Å². The van der Waals surface area contributed by atoms with Crippen LogP contribution in [0.15, 0.2) is 24.3 Å². The highest BCUT2D eigenvalue weighted by molar-refractivity contribution is 5.56. The van der Waals surface area contributed by atoms with Crippen LogP contribution in [0, 0.1) is 0 Å². The molecular weight excluding hydrogens is 220 g/mol. The number of hydrogen-bond acceptors (Lipinski definition) is 2. The summed E-state index contributed by atoms with van der Waals surface area (Å²) in [6.07, 6.45) is 6.59. The van der Waals surface area contributed by atoms with Crippen molar-refractivity contribution in [2.24, 2.45) is 0 Å². The minimum Gasteiger partial charge on any atom is -0.369 e. The van der Waals surface area contributed by atoms with E-state index in [0.29, 0.717) is 6.04 Å². The Morgan fingerprint density at radius 3 is 2.89 bits per heavy atom. The van der Waals surface area contributed by atoms with E-state index < -0.39 is 0 Å². The zero-order chi connectivity index (χ0) is 12.4. The Morgan fingerprint density at radius 1 is 1.22 bits per heavy atom. The van der Waals surface area contributed by atoms with Crippen molar-refractivity contribution in [2.75, 3.05) is 18.0 Å². The van der Waals surface area contributed by atoms with Crippen molar-refractivity contribution in [3.63, 3.8) is 0 Å². The lowest BCUT2D eigenvalue weighted by atomic mass is 9.96. The van der Waals surface area contributed by atoms with Crippen LogP contribution in [0.3, 0.4) is 0 Å². The van der Waals surface area contributed by atoms with Gasteiger partial charge in [-0.05, 0) is 57.2 Å². The molecular formula is C16H24N2. The molecule has 0 saturated heterocycles. The number of nitrogens with one attached hydrogen (secondary N) is 1. The normalized spacial score (nSPS) is 22.9. The SMILES string of the molecule is CC1CCc2ccccc2N1CCCNC1CC1. The van der Waals surface area contributed by atoms with Gasteiger partial charge in [-0.2, -0.15) is 0 Å². The van der Waals surface area contributed by atoms with Gasteiger partial charge < -0.3 is 10.2 Å². The molecule has 1 aliphatic carbocycles. The molecule has 1 unspecified atom stereocenters. The van der Waals surface area contributed by atoms with Gasteiger partial charge in [-0.15, -0.1) is 0 Å². The predicted octanol–water partition coefficient (Wildman–Crippen LogP) is 2.97. The average molecular weight is 244 g/mol. The fourth-order valence-electron chi connectivity index (χ4n) is 2.94. The number of anilines is 1. The molecule has 0 spiro atoms. The van der Waals surface area contributed by atoms with Crippen LogP contribution in [0.5, 0.6) is 0 Å². The van der Waals surface area contributed by atoms with E-state index >= 15 is 0 Å². The standard InChI is InChI=1S/C16H24N2/c1-13-7-8-14-5-2-3-6-16(14)18(13)12-4-11-17-15-9-10-15/h2-3,5-6,13,15,17H,4,7-12H2,1H3.